The van der Waals surface area contributed by atoms with Gasteiger partial charge in [0.05, 0.1) is 12.4 Å². The lowest BCUT2D eigenvalue weighted by atomic mass is 10.2. The normalized spacial score (nSPS) is 9.93. The number of rotatable bonds is 9. The number of ether oxygens (including phenoxy) is 1. The predicted octanol–water partition coefficient (Wildman–Crippen LogP) is 1.93. The van der Waals surface area contributed by atoms with Gasteiger partial charge in [-0.3, -0.25) is 9.59 Å². The number of aliphatic carboxylic acids is 1. The van der Waals surface area contributed by atoms with E-state index in [0.29, 0.717) is 12.4 Å². The fourth-order valence-electron chi connectivity index (χ4n) is 1.02. The Morgan fingerprint density at radius 2 is 2.00 bits per heavy atom. The second-order valence-electron chi connectivity index (χ2n) is 3.06. The largest absolute Gasteiger partial charge is 0.481 e. The first-order valence-electron chi connectivity index (χ1n) is 5.12. The van der Waals surface area contributed by atoms with E-state index in [4.69, 9.17) is 9.84 Å². The quantitative estimate of drug-likeness (QED) is 0.488. The molecule has 0 saturated carbocycles. The summed E-state index contributed by atoms with van der Waals surface area (Å²) >= 11 is 1.54. The molecule has 0 aliphatic carbocycles. The molecular formula is C10H18O4S. The second-order valence-corrected chi connectivity index (χ2v) is 4.17. The second kappa shape index (κ2) is 9.83. The molecule has 88 valence electrons. The summed E-state index contributed by atoms with van der Waals surface area (Å²) in [6, 6.07) is 0. The SMILES string of the molecule is CCOC(=O)CSCCCCCC(=O)O. The van der Waals surface area contributed by atoms with Crippen LogP contribution in [0.1, 0.15) is 32.6 Å². The average Bonchev–Trinajstić information content (AvgIpc) is 2.16. The Morgan fingerprint density at radius 3 is 2.60 bits per heavy atom. The highest BCUT2D eigenvalue weighted by atomic mass is 32.2. The fourth-order valence-corrected chi connectivity index (χ4v) is 1.82. The minimum absolute atomic E-state index is 0.173. The van der Waals surface area contributed by atoms with Crippen LogP contribution in [0.25, 0.3) is 0 Å². The van der Waals surface area contributed by atoms with E-state index in [1.165, 1.54) is 11.8 Å². The summed E-state index contributed by atoms with van der Waals surface area (Å²) in [5, 5.41) is 8.38. The molecule has 5 heteroatoms. The van der Waals surface area contributed by atoms with Gasteiger partial charge in [0.25, 0.3) is 0 Å². The Kier molecular flexibility index (Phi) is 9.36. The number of carbonyl (C=O) groups excluding carboxylic acids is 1. The van der Waals surface area contributed by atoms with Gasteiger partial charge in [-0.25, -0.2) is 0 Å². The zero-order valence-electron chi connectivity index (χ0n) is 9.03. The molecule has 0 spiro atoms. The van der Waals surface area contributed by atoms with Gasteiger partial charge in [-0.05, 0) is 25.5 Å². The summed E-state index contributed by atoms with van der Waals surface area (Å²) in [5.41, 5.74) is 0. The molecule has 0 radical (unpaired) electrons. The molecule has 0 atom stereocenters. The zero-order chi connectivity index (χ0) is 11.5. The van der Waals surface area contributed by atoms with Crippen LogP contribution in [0.4, 0.5) is 0 Å². The van der Waals surface area contributed by atoms with Gasteiger partial charge >= 0.3 is 11.9 Å². The third-order valence-corrected chi connectivity index (χ3v) is 2.72. The average molecular weight is 234 g/mol. The molecule has 0 aliphatic heterocycles. The smallest absolute Gasteiger partial charge is 0.315 e. The molecule has 4 nitrogen and oxygen atoms in total. The van der Waals surface area contributed by atoms with Gasteiger partial charge < -0.3 is 9.84 Å². The maximum atomic E-state index is 10.9. The van der Waals surface area contributed by atoms with Gasteiger partial charge in [-0.15, -0.1) is 0 Å². The Morgan fingerprint density at radius 1 is 1.27 bits per heavy atom. The first-order chi connectivity index (χ1) is 7.16. The highest BCUT2D eigenvalue weighted by Gasteiger charge is 2.01. The minimum atomic E-state index is -0.742. The molecule has 15 heavy (non-hydrogen) atoms. The summed E-state index contributed by atoms with van der Waals surface area (Å²) < 4.78 is 4.76. The lowest BCUT2D eigenvalue weighted by Crippen LogP contribution is -2.06. The molecule has 0 bridgehead atoms. The van der Waals surface area contributed by atoms with Crippen molar-refractivity contribution in [1.82, 2.24) is 0 Å². The van der Waals surface area contributed by atoms with Crippen LogP contribution >= 0.6 is 11.8 Å². The van der Waals surface area contributed by atoms with E-state index in [0.717, 1.165) is 25.0 Å². The fraction of sp³-hybridized carbons (Fsp3) is 0.800. The van der Waals surface area contributed by atoms with Gasteiger partial charge in [0.1, 0.15) is 0 Å². The molecule has 0 aromatic rings. The minimum Gasteiger partial charge on any atom is -0.481 e. The molecule has 0 aliphatic rings. The van der Waals surface area contributed by atoms with Gasteiger partial charge in [-0.2, -0.15) is 11.8 Å². The van der Waals surface area contributed by atoms with Crippen LogP contribution in [-0.2, 0) is 14.3 Å². The van der Waals surface area contributed by atoms with Gasteiger partial charge in [0.2, 0.25) is 0 Å². The van der Waals surface area contributed by atoms with Crippen LogP contribution in [0.15, 0.2) is 0 Å². The number of hydrogen-bond donors (Lipinski definition) is 1. The summed E-state index contributed by atoms with van der Waals surface area (Å²) in [4.78, 5) is 21.1. The van der Waals surface area contributed by atoms with Crippen molar-refractivity contribution in [3.8, 4) is 0 Å². The molecule has 0 unspecified atom stereocenters. The molecule has 0 fully saturated rings. The predicted molar refractivity (Wildman–Crippen MR) is 60.1 cm³/mol. The molecule has 0 aromatic carbocycles. The van der Waals surface area contributed by atoms with Crippen molar-refractivity contribution in [2.75, 3.05) is 18.1 Å². The van der Waals surface area contributed by atoms with Gasteiger partial charge in [-0.1, -0.05) is 6.42 Å². The number of esters is 1. The van der Waals surface area contributed by atoms with Crippen LogP contribution in [0, 0.1) is 0 Å². The summed E-state index contributed by atoms with van der Waals surface area (Å²) in [6.07, 6.45) is 2.82. The van der Waals surface area contributed by atoms with Crippen molar-refractivity contribution in [1.29, 1.82) is 0 Å². The third-order valence-electron chi connectivity index (χ3n) is 1.70. The maximum absolute atomic E-state index is 10.9. The van der Waals surface area contributed by atoms with E-state index in [1.807, 2.05) is 0 Å². The summed E-state index contributed by atoms with van der Waals surface area (Å²) in [6.45, 7) is 2.21. The van der Waals surface area contributed by atoms with Gasteiger partial charge in [0.15, 0.2) is 0 Å². The lowest BCUT2D eigenvalue weighted by Gasteiger charge is -2.01. The number of carbonyl (C=O) groups is 2. The number of carboxylic acid groups (broad SMARTS) is 1. The molecule has 1 N–H and O–H groups in total. The number of thioether (sulfide) groups is 1. The molecule has 0 saturated heterocycles. The number of carboxylic acids is 1. The Hall–Kier alpha value is -0.710. The van der Waals surface area contributed by atoms with Crippen LogP contribution in [0.2, 0.25) is 0 Å². The lowest BCUT2D eigenvalue weighted by molar-refractivity contribution is -0.140. The third kappa shape index (κ3) is 11.2. The van der Waals surface area contributed by atoms with Crippen molar-refractivity contribution < 1.29 is 19.4 Å². The highest BCUT2D eigenvalue weighted by molar-refractivity contribution is 7.99. The first-order valence-corrected chi connectivity index (χ1v) is 6.27. The Bertz CT molecular complexity index is 194. The Labute approximate surface area is 94.4 Å². The van der Waals surface area contributed by atoms with Crippen molar-refractivity contribution in [2.45, 2.75) is 32.6 Å². The Balaban J connectivity index is 3.11. The molecule has 0 heterocycles. The van der Waals surface area contributed by atoms with E-state index in [1.54, 1.807) is 6.92 Å². The molecular weight excluding hydrogens is 216 g/mol. The van der Waals surface area contributed by atoms with Crippen molar-refractivity contribution in [3.05, 3.63) is 0 Å². The monoisotopic (exact) mass is 234 g/mol. The summed E-state index contributed by atoms with van der Waals surface area (Å²) in [5.74, 6) is 0.368. The standard InChI is InChI=1S/C10H18O4S/c1-2-14-10(13)8-15-7-5-3-4-6-9(11)12/h2-8H2,1H3,(H,11,12). The zero-order valence-corrected chi connectivity index (χ0v) is 9.85. The van der Waals surface area contributed by atoms with Crippen LogP contribution in [-0.4, -0.2) is 35.2 Å². The van der Waals surface area contributed by atoms with Crippen LogP contribution in [0.3, 0.4) is 0 Å². The van der Waals surface area contributed by atoms with Crippen LogP contribution in [0.5, 0.6) is 0 Å². The first kappa shape index (κ1) is 14.3. The number of unbranched alkanes of at least 4 members (excludes halogenated alkanes) is 2. The van der Waals surface area contributed by atoms with E-state index in [2.05, 4.69) is 0 Å². The topological polar surface area (TPSA) is 63.6 Å². The molecule has 0 amide bonds. The van der Waals surface area contributed by atoms with Crippen molar-refractivity contribution in [3.63, 3.8) is 0 Å². The summed E-state index contributed by atoms with van der Waals surface area (Å²) in [7, 11) is 0. The molecule has 0 rings (SSSR count). The van der Waals surface area contributed by atoms with Crippen molar-refractivity contribution >= 4 is 23.7 Å². The molecule has 0 aromatic heterocycles. The van der Waals surface area contributed by atoms with E-state index < -0.39 is 5.97 Å². The van der Waals surface area contributed by atoms with Crippen molar-refractivity contribution in [2.24, 2.45) is 0 Å². The van der Waals surface area contributed by atoms with Crippen LogP contribution < -0.4 is 0 Å². The number of hydrogen-bond acceptors (Lipinski definition) is 4. The van der Waals surface area contributed by atoms with E-state index in [-0.39, 0.29) is 12.4 Å². The maximum Gasteiger partial charge on any atom is 0.315 e. The van der Waals surface area contributed by atoms with E-state index >= 15 is 0 Å². The van der Waals surface area contributed by atoms with Gasteiger partial charge in [0, 0.05) is 6.42 Å². The van der Waals surface area contributed by atoms with E-state index in [9.17, 15) is 9.59 Å². The highest BCUT2D eigenvalue weighted by Crippen LogP contribution is 2.08.